The molecule has 1 aromatic rings. The lowest BCUT2D eigenvalue weighted by Gasteiger charge is -2.22. The summed E-state index contributed by atoms with van der Waals surface area (Å²) in [5.74, 6) is -0.168. The van der Waals surface area contributed by atoms with Crippen LogP contribution in [0.4, 0.5) is 10.1 Å². The summed E-state index contributed by atoms with van der Waals surface area (Å²) in [6.45, 7) is 4.80. The molecule has 2 atom stereocenters. The molecule has 1 heterocycles. The molecule has 0 spiro atoms. The number of halogens is 1. The maximum Gasteiger partial charge on any atom is 0.129 e. The number of hydrogen-bond donors (Lipinski definition) is 1. The second kappa shape index (κ2) is 7.02. The number of anilines is 1. The SMILES string of the molecule is CCNCc1c(F)cccc1N1CC(OC)C(OC)C1. The zero-order valence-corrected chi connectivity index (χ0v) is 12.4. The molecule has 1 aliphatic rings. The monoisotopic (exact) mass is 282 g/mol. The molecule has 0 saturated carbocycles. The molecule has 0 aliphatic carbocycles. The summed E-state index contributed by atoms with van der Waals surface area (Å²) in [6.07, 6.45) is 0.0468. The van der Waals surface area contributed by atoms with E-state index in [1.165, 1.54) is 6.07 Å². The molecule has 2 rings (SSSR count). The fourth-order valence-electron chi connectivity index (χ4n) is 2.66. The third-order valence-corrected chi connectivity index (χ3v) is 3.81. The Morgan fingerprint density at radius 2 is 1.90 bits per heavy atom. The highest BCUT2D eigenvalue weighted by molar-refractivity contribution is 5.55. The van der Waals surface area contributed by atoms with Crippen molar-refractivity contribution in [1.82, 2.24) is 5.32 Å². The van der Waals surface area contributed by atoms with E-state index in [9.17, 15) is 4.39 Å². The van der Waals surface area contributed by atoms with Gasteiger partial charge in [0.2, 0.25) is 0 Å². The molecular weight excluding hydrogens is 259 g/mol. The van der Waals surface area contributed by atoms with Crippen molar-refractivity contribution in [2.24, 2.45) is 0 Å². The van der Waals surface area contributed by atoms with Gasteiger partial charge in [0, 0.05) is 45.1 Å². The lowest BCUT2D eigenvalue weighted by Crippen LogP contribution is -2.27. The summed E-state index contributed by atoms with van der Waals surface area (Å²) in [5, 5.41) is 3.19. The molecule has 0 aromatic heterocycles. The first-order chi connectivity index (χ1) is 9.71. The highest BCUT2D eigenvalue weighted by Gasteiger charge is 2.34. The lowest BCUT2D eigenvalue weighted by molar-refractivity contribution is -0.00461. The first kappa shape index (κ1) is 15.2. The number of hydrogen-bond acceptors (Lipinski definition) is 4. The summed E-state index contributed by atoms with van der Waals surface area (Å²) in [5.41, 5.74) is 1.63. The third-order valence-electron chi connectivity index (χ3n) is 3.81. The predicted octanol–water partition coefficient (Wildman–Crippen LogP) is 1.79. The van der Waals surface area contributed by atoms with E-state index in [1.807, 2.05) is 13.0 Å². The highest BCUT2D eigenvalue weighted by Crippen LogP contribution is 2.28. The van der Waals surface area contributed by atoms with Gasteiger partial charge in [-0.05, 0) is 18.7 Å². The van der Waals surface area contributed by atoms with Crippen LogP contribution in [-0.4, -0.2) is 46.1 Å². The Kier molecular flexibility index (Phi) is 5.34. The number of ether oxygens (including phenoxy) is 2. The number of benzene rings is 1. The van der Waals surface area contributed by atoms with Crippen LogP contribution in [0.3, 0.4) is 0 Å². The maximum atomic E-state index is 14.1. The summed E-state index contributed by atoms with van der Waals surface area (Å²) < 4.78 is 24.9. The predicted molar refractivity (Wildman–Crippen MR) is 77.6 cm³/mol. The van der Waals surface area contributed by atoms with E-state index in [2.05, 4.69) is 10.2 Å². The van der Waals surface area contributed by atoms with Crippen LogP contribution < -0.4 is 10.2 Å². The fourth-order valence-corrected chi connectivity index (χ4v) is 2.66. The first-order valence-corrected chi connectivity index (χ1v) is 6.99. The molecule has 5 heteroatoms. The quantitative estimate of drug-likeness (QED) is 0.862. The van der Waals surface area contributed by atoms with Gasteiger partial charge < -0.3 is 19.7 Å². The van der Waals surface area contributed by atoms with E-state index in [4.69, 9.17) is 9.47 Å². The van der Waals surface area contributed by atoms with Gasteiger partial charge >= 0.3 is 0 Å². The third kappa shape index (κ3) is 3.11. The number of nitrogens with zero attached hydrogens (tertiary/aromatic N) is 1. The first-order valence-electron chi connectivity index (χ1n) is 6.99. The Morgan fingerprint density at radius 1 is 1.25 bits per heavy atom. The van der Waals surface area contributed by atoms with Crippen molar-refractivity contribution in [2.45, 2.75) is 25.7 Å². The largest absolute Gasteiger partial charge is 0.377 e. The topological polar surface area (TPSA) is 33.7 Å². The van der Waals surface area contributed by atoms with Gasteiger partial charge in [-0.3, -0.25) is 0 Å². The van der Waals surface area contributed by atoms with Gasteiger partial charge in [0.25, 0.3) is 0 Å². The van der Waals surface area contributed by atoms with Crippen molar-refractivity contribution in [3.8, 4) is 0 Å². The summed E-state index contributed by atoms with van der Waals surface area (Å²) in [6, 6.07) is 5.22. The molecule has 0 radical (unpaired) electrons. The summed E-state index contributed by atoms with van der Waals surface area (Å²) in [7, 11) is 3.37. The van der Waals surface area contributed by atoms with Crippen LogP contribution in [0.15, 0.2) is 18.2 Å². The molecule has 0 amide bonds. The number of rotatable bonds is 6. The molecule has 1 aromatic carbocycles. The standard InChI is InChI=1S/C15H23FN2O2/c1-4-17-8-11-12(16)6-5-7-13(11)18-9-14(19-2)15(10-18)20-3/h5-7,14-15,17H,4,8-10H2,1-3H3. The van der Waals surface area contributed by atoms with Crippen molar-refractivity contribution in [3.63, 3.8) is 0 Å². The van der Waals surface area contributed by atoms with E-state index in [1.54, 1.807) is 20.3 Å². The van der Waals surface area contributed by atoms with Crippen LogP contribution in [0.25, 0.3) is 0 Å². The number of nitrogens with one attached hydrogen (secondary N) is 1. The lowest BCUT2D eigenvalue weighted by atomic mass is 10.1. The van der Waals surface area contributed by atoms with Gasteiger partial charge in [-0.15, -0.1) is 0 Å². The fraction of sp³-hybridized carbons (Fsp3) is 0.600. The van der Waals surface area contributed by atoms with E-state index in [-0.39, 0.29) is 18.0 Å². The molecule has 1 aliphatic heterocycles. The average Bonchev–Trinajstić information content (AvgIpc) is 2.89. The van der Waals surface area contributed by atoms with Gasteiger partial charge in [0.15, 0.2) is 0 Å². The molecule has 4 nitrogen and oxygen atoms in total. The van der Waals surface area contributed by atoms with E-state index in [0.29, 0.717) is 12.1 Å². The maximum absolute atomic E-state index is 14.1. The highest BCUT2D eigenvalue weighted by atomic mass is 19.1. The summed E-state index contributed by atoms with van der Waals surface area (Å²) >= 11 is 0. The zero-order valence-electron chi connectivity index (χ0n) is 12.4. The van der Waals surface area contributed by atoms with E-state index >= 15 is 0 Å². The van der Waals surface area contributed by atoms with Crippen LogP contribution in [0.1, 0.15) is 12.5 Å². The van der Waals surface area contributed by atoms with Crippen molar-refractivity contribution in [3.05, 3.63) is 29.6 Å². The average molecular weight is 282 g/mol. The Hall–Kier alpha value is -1.17. The van der Waals surface area contributed by atoms with Crippen molar-refractivity contribution in [2.75, 3.05) is 38.8 Å². The van der Waals surface area contributed by atoms with E-state index in [0.717, 1.165) is 25.3 Å². The smallest absolute Gasteiger partial charge is 0.129 e. The molecule has 0 bridgehead atoms. The molecule has 1 fully saturated rings. The van der Waals surface area contributed by atoms with Gasteiger partial charge in [-0.1, -0.05) is 13.0 Å². The van der Waals surface area contributed by atoms with Crippen molar-refractivity contribution < 1.29 is 13.9 Å². The Bertz CT molecular complexity index is 430. The Labute approximate surface area is 119 Å². The molecule has 1 N–H and O–H groups in total. The van der Waals surface area contributed by atoms with Gasteiger partial charge in [0.1, 0.15) is 18.0 Å². The second-order valence-electron chi connectivity index (χ2n) is 4.97. The van der Waals surface area contributed by atoms with Crippen molar-refractivity contribution in [1.29, 1.82) is 0 Å². The second-order valence-corrected chi connectivity index (χ2v) is 4.97. The molecule has 112 valence electrons. The van der Waals surface area contributed by atoms with Crippen LogP contribution in [-0.2, 0) is 16.0 Å². The molecule has 2 unspecified atom stereocenters. The van der Waals surface area contributed by atoms with Crippen LogP contribution in [0.2, 0.25) is 0 Å². The molecular formula is C15H23FN2O2. The van der Waals surface area contributed by atoms with Crippen LogP contribution in [0.5, 0.6) is 0 Å². The molecule has 20 heavy (non-hydrogen) atoms. The Morgan fingerprint density at radius 3 is 2.45 bits per heavy atom. The summed E-state index contributed by atoms with van der Waals surface area (Å²) in [4.78, 5) is 2.14. The minimum atomic E-state index is -0.168. The normalized spacial score (nSPS) is 22.5. The van der Waals surface area contributed by atoms with Crippen LogP contribution in [0, 0.1) is 5.82 Å². The van der Waals surface area contributed by atoms with Gasteiger partial charge in [0.05, 0.1) is 0 Å². The van der Waals surface area contributed by atoms with Gasteiger partial charge in [-0.2, -0.15) is 0 Å². The van der Waals surface area contributed by atoms with Gasteiger partial charge in [-0.25, -0.2) is 4.39 Å². The van der Waals surface area contributed by atoms with Crippen molar-refractivity contribution >= 4 is 5.69 Å². The number of methoxy groups -OCH3 is 2. The van der Waals surface area contributed by atoms with Crippen LogP contribution >= 0.6 is 0 Å². The minimum absolute atomic E-state index is 0.0234. The Balaban J connectivity index is 2.22. The zero-order chi connectivity index (χ0) is 14.5. The van der Waals surface area contributed by atoms with E-state index < -0.39 is 0 Å². The minimum Gasteiger partial charge on any atom is -0.377 e. The molecule has 1 saturated heterocycles.